The monoisotopic (exact) mass is 268 g/mol. The van der Waals surface area contributed by atoms with E-state index in [1.165, 1.54) is 0 Å². The molecular weight excluding hydrogens is 253 g/mol. The Morgan fingerprint density at radius 2 is 1.82 bits per heavy atom. The molecule has 0 bridgehead atoms. The van der Waals surface area contributed by atoms with Crippen molar-refractivity contribution in [1.82, 2.24) is 0 Å². The van der Waals surface area contributed by atoms with Crippen molar-refractivity contribution >= 4 is 28.2 Å². The summed E-state index contributed by atoms with van der Waals surface area (Å²) in [6.45, 7) is 1.24. The maximum absolute atomic E-state index is 6.25. The van der Waals surface area contributed by atoms with Crippen LogP contribution in [0.15, 0.2) is 35.4 Å². The molecule has 3 heteroatoms. The highest BCUT2D eigenvalue weighted by molar-refractivity contribution is 6.54. The molecule has 0 unspecified atom stereocenters. The lowest BCUT2D eigenvalue weighted by atomic mass is 10.2. The second-order valence-electron chi connectivity index (χ2n) is 4.54. The molecule has 0 saturated heterocycles. The van der Waals surface area contributed by atoms with Gasteiger partial charge in [-0.1, -0.05) is 53.5 Å². The van der Waals surface area contributed by atoms with Crippen LogP contribution in [-0.4, -0.2) is 31.7 Å². The van der Waals surface area contributed by atoms with Crippen LogP contribution in [-0.2, 0) is 0 Å². The molecule has 1 nitrogen and oxygen atoms in total. The molecule has 0 aliphatic heterocycles. The first kappa shape index (κ1) is 14.1. The van der Waals surface area contributed by atoms with E-state index in [4.69, 9.17) is 29.6 Å². The largest absolute Gasteiger partial charge is 0.314 e. The first-order chi connectivity index (χ1) is 7.96. The molecule has 0 fully saturated rings. The van der Waals surface area contributed by atoms with Crippen LogP contribution in [0.5, 0.6) is 0 Å². The minimum Gasteiger partial charge on any atom is -0.314 e. The highest BCUT2D eigenvalue weighted by Gasteiger charge is 2.17. The van der Waals surface area contributed by atoms with E-state index in [0.717, 1.165) is 5.56 Å². The lowest BCUT2D eigenvalue weighted by Gasteiger charge is -2.27. The van der Waals surface area contributed by atoms with Crippen molar-refractivity contribution in [3.63, 3.8) is 0 Å². The van der Waals surface area contributed by atoms with Crippen molar-refractivity contribution in [2.45, 2.75) is 0 Å². The highest BCUT2D eigenvalue weighted by Crippen LogP contribution is 2.26. The summed E-state index contributed by atoms with van der Waals surface area (Å²) in [6, 6.07) is 9.68. The summed E-state index contributed by atoms with van der Waals surface area (Å²) in [7, 11) is 4.05. The van der Waals surface area contributed by atoms with Gasteiger partial charge in [0.15, 0.2) is 0 Å². The Kier molecular flexibility index (Phi) is 5.08. The predicted octanol–water partition coefficient (Wildman–Crippen LogP) is 3.54. The molecule has 1 aromatic rings. The molecule has 0 saturated carbocycles. The maximum Gasteiger partial charge on any atom is 0.140 e. The Balaban J connectivity index is 2.89. The number of likely N-dealkylation sites (N-methyl/N-ethyl adjacent to an activating group) is 1. The Hall–Kier alpha value is -0.940. The van der Waals surface area contributed by atoms with Crippen molar-refractivity contribution in [2.75, 3.05) is 27.2 Å². The lowest BCUT2D eigenvalue weighted by Crippen LogP contribution is -2.40. The van der Waals surface area contributed by atoms with Crippen molar-refractivity contribution in [3.8, 4) is 12.3 Å². The SMILES string of the molecule is C#CC[N+](C)(C)C/C(Cl)=C(/Cl)c1ccccc1. The third-order valence-corrected chi connectivity index (χ3v) is 3.20. The molecule has 0 N–H and O–H groups in total. The van der Waals surface area contributed by atoms with Gasteiger partial charge in [0.25, 0.3) is 0 Å². The molecule has 90 valence electrons. The molecule has 1 aromatic carbocycles. The van der Waals surface area contributed by atoms with E-state index in [0.29, 0.717) is 27.6 Å². The summed E-state index contributed by atoms with van der Waals surface area (Å²) in [5.74, 6) is 2.64. The van der Waals surface area contributed by atoms with E-state index in [9.17, 15) is 0 Å². The third kappa shape index (κ3) is 4.44. The van der Waals surface area contributed by atoms with Crippen LogP contribution in [0, 0.1) is 12.3 Å². The fourth-order valence-electron chi connectivity index (χ4n) is 1.49. The summed E-state index contributed by atoms with van der Waals surface area (Å²) < 4.78 is 0.623. The molecule has 0 aliphatic rings. The molecule has 0 aliphatic carbocycles. The van der Waals surface area contributed by atoms with Gasteiger partial charge >= 0.3 is 0 Å². The molecule has 1 rings (SSSR count). The Morgan fingerprint density at radius 3 is 2.35 bits per heavy atom. The maximum atomic E-state index is 6.25. The van der Waals surface area contributed by atoms with Gasteiger partial charge in [-0.3, -0.25) is 0 Å². The van der Waals surface area contributed by atoms with Crippen LogP contribution in [0.4, 0.5) is 0 Å². The second-order valence-corrected chi connectivity index (χ2v) is 5.38. The summed E-state index contributed by atoms with van der Waals surface area (Å²) in [6.07, 6.45) is 5.32. The number of nitrogens with zero attached hydrogens (tertiary/aromatic N) is 1. The van der Waals surface area contributed by atoms with Crippen molar-refractivity contribution in [3.05, 3.63) is 40.9 Å². The van der Waals surface area contributed by atoms with Gasteiger partial charge in [0.1, 0.15) is 13.1 Å². The standard InChI is InChI=1S/C14H16Cl2N/c1-4-10-17(2,3)11-13(15)14(16)12-8-6-5-7-9-12/h1,5-9H,10-11H2,2-3H3/q+1/b14-13-. The molecule has 0 aromatic heterocycles. The number of rotatable bonds is 4. The number of halogens is 2. The van der Waals surface area contributed by atoms with Crippen LogP contribution in [0.1, 0.15) is 5.56 Å². The van der Waals surface area contributed by atoms with Crippen LogP contribution in [0.2, 0.25) is 0 Å². The molecule has 0 radical (unpaired) electrons. The van der Waals surface area contributed by atoms with Gasteiger partial charge in [-0.25, -0.2) is 0 Å². The van der Waals surface area contributed by atoms with Gasteiger partial charge in [-0.05, 0) is 11.5 Å². The fourth-order valence-corrected chi connectivity index (χ4v) is 2.11. The van der Waals surface area contributed by atoms with Crippen LogP contribution in [0.25, 0.3) is 5.03 Å². The average molecular weight is 269 g/mol. The Morgan fingerprint density at radius 1 is 1.24 bits per heavy atom. The molecule has 0 amide bonds. The van der Waals surface area contributed by atoms with Gasteiger partial charge in [-0.2, -0.15) is 0 Å². The zero-order chi connectivity index (χ0) is 12.9. The predicted molar refractivity (Wildman–Crippen MR) is 75.7 cm³/mol. The first-order valence-corrected chi connectivity index (χ1v) is 6.07. The summed E-state index contributed by atoms with van der Waals surface area (Å²) in [4.78, 5) is 0. The number of hydrogen-bond acceptors (Lipinski definition) is 0. The Labute approximate surface area is 113 Å². The van der Waals surface area contributed by atoms with Crippen LogP contribution >= 0.6 is 23.2 Å². The topological polar surface area (TPSA) is 0 Å². The molecule has 0 atom stereocenters. The van der Waals surface area contributed by atoms with E-state index in [1.807, 2.05) is 44.4 Å². The van der Waals surface area contributed by atoms with Crippen LogP contribution in [0.3, 0.4) is 0 Å². The van der Waals surface area contributed by atoms with E-state index in [1.54, 1.807) is 0 Å². The highest BCUT2D eigenvalue weighted by atomic mass is 35.5. The normalized spacial score (nSPS) is 12.9. The van der Waals surface area contributed by atoms with Gasteiger partial charge in [0.2, 0.25) is 0 Å². The number of benzene rings is 1. The zero-order valence-electron chi connectivity index (χ0n) is 10.1. The van der Waals surface area contributed by atoms with Gasteiger partial charge in [0, 0.05) is 0 Å². The van der Waals surface area contributed by atoms with Gasteiger partial charge < -0.3 is 4.48 Å². The smallest absolute Gasteiger partial charge is 0.140 e. The summed E-state index contributed by atoms with van der Waals surface area (Å²) in [5, 5.41) is 1.23. The van der Waals surface area contributed by atoms with Crippen LogP contribution < -0.4 is 0 Å². The average Bonchev–Trinajstić information content (AvgIpc) is 2.28. The zero-order valence-corrected chi connectivity index (χ0v) is 11.6. The van der Waals surface area contributed by atoms with E-state index in [2.05, 4.69) is 5.92 Å². The number of quaternary nitrogens is 1. The molecular formula is C14H16Cl2N+. The molecule has 0 heterocycles. The second kappa shape index (κ2) is 6.12. The van der Waals surface area contributed by atoms with Gasteiger partial charge in [-0.15, -0.1) is 6.42 Å². The van der Waals surface area contributed by atoms with E-state index >= 15 is 0 Å². The summed E-state index contributed by atoms with van der Waals surface area (Å²) >= 11 is 12.5. The quantitative estimate of drug-likeness (QED) is 0.579. The van der Waals surface area contributed by atoms with E-state index < -0.39 is 0 Å². The van der Waals surface area contributed by atoms with Crippen molar-refractivity contribution in [2.24, 2.45) is 0 Å². The first-order valence-electron chi connectivity index (χ1n) is 5.31. The number of hydrogen-bond donors (Lipinski definition) is 0. The summed E-state index contributed by atoms with van der Waals surface area (Å²) in [5.41, 5.74) is 0.930. The van der Waals surface area contributed by atoms with Crippen molar-refractivity contribution < 1.29 is 4.48 Å². The Bertz CT molecular complexity index is 441. The number of terminal acetylenes is 1. The van der Waals surface area contributed by atoms with E-state index in [-0.39, 0.29) is 0 Å². The molecule has 0 spiro atoms. The lowest BCUT2D eigenvalue weighted by molar-refractivity contribution is -0.877. The van der Waals surface area contributed by atoms with Crippen molar-refractivity contribution in [1.29, 1.82) is 0 Å². The minimum absolute atomic E-state index is 0.593. The van der Waals surface area contributed by atoms with Gasteiger partial charge in [0.05, 0.1) is 24.2 Å². The fraction of sp³-hybridized carbons (Fsp3) is 0.286. The minimum atomic E-state index is 0.593. The third-order valence-electron chi connectivity index (χ3n) is 2.35. The molecule has 17 heavy (non-hydrogen) atoms.